The largest absolute Gasteiger partial charge is 0.508 e. The molecule has 42 valence electrons. The molecule has 0 aliphatic rings. The maximum absolute atomic E-state index is 8.84. The third-order valence-electron chi connectivity index (χ3n) is 0.758. The summed E-state index contributed by atoms with van der Waals surface area (Å²) in [5.41, 5.74) is 0. The first kappa shape index (κ1) is 4.39. The van der Waals surface area contributed by atoms with Crippen molar-refractivity contribution in [1.29, 1.82) is 0 Å². The fraction of sp³-hybridized carbons (Fsp3) is 0. The van der Waals surface area contributed by atoms with E-state index in [9.17, 15) is 0 Å². The van der Waals surface area contributed by atoms with Crippen molar-refractivity contribution in [2.24, 2.45) is 0 Å². The minimum absolute atomic E-state index is 0.0122. The molecule has 0 bridgehead atoms. The Labute approximate surface area is 57.5 Å². The molecule has 1 N–H and O–H groups in total. The van der Waals surface area contributed by atoms with Crippen molar-refractivity contribution in [3.8, 4) is 5.75 Å². The number of rotatable bonds is 0. The lowest BCUT2D eigenvalue weighted by Gasteiger charge is -1.87. The Bertz CT molecular complexity index is 224. The highest BCUT2D eigenvalue weighted by atomic mass is 79.9. The zero-order valence-corrected chi connectivity index (χ0v) is 5.64. The zero-order valence-electron chi connectivity index (χ0n) is 5.06. The molecule has 8 heavy (non-hydrogen) atoms. The molecule has 1 aromatic carbocycles. The van der Waals surface area contributed by atoms with Gasteiger partial charge in [0.05, 0.1) is 1.37 Å². The average molecular weight is 174 g/mol. The lowest BCUT2D eigenvalue weighted by molar-refractivity contribution is 0.475. The van der Waals surface area contributed by atoms with E-state index in [4.69, 9.17) is 6.48 Å². The molecule has 2 heteroatoms. The normalized spacial score (nSPS) is 10.9. The molecular formula is C6H5BrO. The van der Waals surface area contributed by atoms with Crippen molar-refractivity contribution >= 4 is 15.9 Å². The molecule has 0 amide bonds. The molecule has 0 saturated heterocycles. The van der Waals surface area contributed by atoms with Crippen LogP contribution in [-0.2, 0) is 0 Å². The molecule has 0 aliphatic heterocycles. The Kier molecular flexibility index (Phi) is 1.19. The van der Waals surface area contributed by atoms with Gasteiger partial charge in [-0.05, 0) is 24.2 Å². The van der Waals surface area contributed by atoms with Gasteiger partial charge in [0.1, 0.15) is 5.75 Å². The molecule has 0 aromatic heterocycles. The zero-order chi connectivity index (χ0) is 6.85. The fourth-order valence-electron chi connectivity index (χ4n) is 0.398. The van der Waals surface area contributed by atoms with Gasteiger partial charge in [0.25, 0.3) is 0 Å². The van der Waals surface area contributed by atoms with E-state index in [1.807, 2.05) is 0 Å². The Morgan fingerprint density at radius 1 is 1.50 bits per heavy atom. The van der Waals surface area contributed by atoms with Gasteiger partial charge in [0, 0.05) is 4.47 Å². The fourth-order valence-corrected chi connectivity index (χ4v) is 0.644. The van der Waals surface area contributed by atoms with Crippen LogP contribution in [0.4, 0.5) is 0 Å². The smallest absolute Gasteiger partial charge is 0.115 e. The van der Waals surface area contributed by atoms with Crippen molar-refractivity contribution in [3.63, 3.8) is 0 Å². The molecule has 1 nitrogen and oxygen atoms in total. The van der Waals surface area contributed by atoms with Crippen molar-refractivity contribution in [1.82, 2.24) is 0 Å². The van der Waals surface area contributed by atoms with Crippen LogP contribution in [0.2, 0.25) is 0 Å². The van der Waals surface area contributed by atoms with Crippen LogP contribution < -0.4 is 0 Å². The lowest BCUT2D eigenvalue weighted by Crippen LogP contribution is -1.61. The van der Waals surface area contributed by atoms with Gasteiger partial charge in [-0.2, -0.15) is 0 Å². The summed E-state index contributed by atoms with van der Waals surface area (Å²) < 4.78 is 7.89. The van der Waals surface area contributed by atoms with E-state index in [0.717, 1.165) is 4.47 Å². The predicted molar refractivity (Wildman–Crippen MR) is 35.8 cm³/mol. The highest BCUT2D eigenvalue weighted by molar-refractivity contribution is 9.10. The third-order valence-corrected chi connectivity index (χ3v) is 1.25. The Morgan fingerprint density at radius 2 is 2.25 bits per heavy atom. The number of hydrogen-bond acceptors (Lipinski definition) is 1. The number of aromatic hydroxyl groups is 1. The summed E-state index contributed by atoms with van der Waals surface area (Å²) in [5.74, 6) is 0.0122. The monoisotopic (exact) mass is 173 g/mol. The summed E-state index contributed by atoms with van der Waals surface area (Å²) >= 11 is 3.17. The van der Waals surface area contributed by atoms with Gasteiger partial charge >= 0.3 is 0 Å². The first-order valence-corrected chi connectivity index (χ1v) is 2.94. The van der Waals surface area contributed by atoms with E-state index in [1.165, 1.54) is 12.1 Å². The summed E-state index contributed by atoms with van der Waals surface area (Å²) in [6.07, 6.45) is 0. The van der Waals surface area contributed by atoms with Crippen LogP contribution in [0.1, 0.15) is 1.37 Å². The summed E-state index contributed by atoms with van der Waals surface area (Å²) in [6.45, 7) is 0. The second-order valence-corrected chi connectivity index (χ2v) is 2.31. The lowest BCUT2D eigenvalue weighted by atomic mass is 10.3. The van der Waals surface area contributed by atoms with Gasteiger partial charge in [-0.15, -0.1) is 0 Å². The van der Waals surface area contributed by atoms with E-state index < -0.39 is 0 Å². The first-order valence-electron chi connectivity index (χ1n) is 2.65. The van der Waals surface area contributed by atoms with Crippen LogP contribution in [0.15, 0.2) is 28.7 Å². The molecule has 0 aliphatic carbocycles. The summed E-state index contributed by atoms with van der Waals surface area (Å²) in [6, 6.07) is 4.85. The number of hydrogen-bond donors (Lipinski definition) is 1. The van der Waals surface area contributed by atoms with Crippen LogP contribution in [0.5, 0.6) is 5.75 Å². The molecule has 0 saturated carbocycles. The van der Waals surface area contributed by atoms with Crippen LogP contribution in [0.25, 0.3) is 0 Å². The van der Waals surface area contributed by atoms with E-state index in [0.29, 0.717) is 0 Å². The van der Waals surface area contributed by atoms with Crippen LogP contribution >= 0.6 is 15.9 Å². The van der Waals surface area contributed by atoms with E-state index >= 15 is 0 Å². The molecule has 1 aromatic rings. The predicted octanol–water partition coefficient (Wildman–Crippen LogP) is 2.15. The summed E-state index contributed by atoms with van der Waals surface area (Å²) in [4.78, 5) is 0. The summed E-state index contributed by atoms with van der Waals surface area (Å²) in [7, 11) is 0. The SMILES string of the molecule is [2H]c1cc(Br)ccc1O. The van der Waals surface area contributed by atoms with Gasteiger partial charge < -0.3 is 5.11 Å². The van der Waals surface area contributed by atoms with Crippen molar-refractivity contribution in [2.75, 3.05) is 0 Å². The quantitative estimate of drug-likeness (QED) is 0.638. The summed E-state index contributed by atoms with van der Waals surface area (Å²) in [5, 5.41) is 8.84. The molecule has 0 atom stereocenters. The van der Waals surface area contributed by atoms with Crippen molar-refractivity contribution in [2.45, 2.75) is 0 Å². The van der Waals surface area contributed by atoms with Gasteiger partial charge in [0.2, 0.25) is 0 Å². The minimum Gasteiger partial charge on any atom is -0.508 e. The van der Waals surface area contributed by atoms with Crippen LogP contribution in [0, 0.1) is 0 Å². The van der Waals surface area contributed by atoms with Gasteiger partial charge in [0.15, 0.2) is 0 Å². The number of phenolic OH excluding ortho intramolecular Hbond substituents is 1. The van der Waals surface area contributed by atoms with E-state index in [1.54, 1.807) is 6.07 Å². The number of benzene rings is 1. The maximum Gasteiger partial charge on any atom is 0.115 e. The van der Waals surface area contributed by atoms with Gasteiger partial charge in [-0.3, -0.25) is 0 Å². The van der Waals surface area contributed by atoms with Crippen molar-refractivity contribution < 1.29 is 6.48 Å². The Hall–Kier alpha value is -0.500. The van der Waals surface area contributed by atoms with E-state index in [2.05, 4.69) is 15.9 Å². The van der Waals surface area contributed by atoms with Gasteiger partial charge in [-0.25, -0.2) is 0 Å². The second-order valence-electron chi connectivity index (χ2n) is 1.39. The highest BCUT2D eigenvalue weighted by Gasteiger charge is 1.83. The van der Waals surface area contributed by atoms with Gasteiger partial charge in [-0.1, -0.05) is 15.9 Å². The molecule has 0 unspecified atom stereocenters. The Balaban J connectivity index is 3.17. The molecule has 0 fully saturated rings. The van der Waals surface area contributed by atoms with E-state index in [-0.39, 0.29) is 11.8 Å². The number of phenols is 1. The molecule has 1 rings (SSSR count). The molecule has 0 radical (unpaired) electrons. The molecule has 0 spiro atoms. The van der Waals surface area contributed by atoms with Crippen LogP contribution in [0.3, 0.4) is 0 Å². The third kappa shape index (κ3) is 1.23. The van der Waals surface area contributed by atoms with Crippen LogP contribution in [-0.4, -0.2) is 5.11 Å². The average Bonchev–Trinajstić information content (AvgIpc) is 1.80. The second kappa shape index (κ2) is 2.18. The Morgan fingerprint density at radius 3 is 2.75 bits per heavy atom. The maximum atomic E-state index is 8.84. The topological polar surface area (TPSA) is 20.2 Å². The standard InChI is InChI=1S/C6H5BrO/c7-5-1-3-6(8)4-2-5/h1-4,8H/i3D. The number of halogens is 1. The first-order chi connectivity index (χ1) is 4.20. The highest BCUT2D eigenvalue weighted by Crippen LogP contribution is 2.13. The molecular weight excluding hydrogens is 168 g/mol. The molecule has 0 heterocycles. The van der Waals surface area contributed by atoms with Crippen molar-refractivity contribution in [3.05, 3.63) is 28.7 Å². The minimum atomic E-state index is 0.0122.